The third-order valence-electron chi connectivity index (χ3n) is 3.81. The molecule has 1 aromatic rings. The number of hydrogen-bond acceptors (Lipinski definition) is 2. The number of halogens is 1. The molecule has 2 unspecified atom stereocenters. The molecule has 2 nitrogen and oxygen atoms in total. The van der Waals surface area contributed by atoms with Crippen LogP contribution >= 0.6 is 0 Å². The minimum absolute atomic E-state index is 0.00215. The summed E-state index contributed by atoms with van der Waals surface area (Å²) in [7, 11) is 0. The van der Waals surface area contributed by atoms with Crippen molar-refractivity contribution >= 4 is 5.69 Å². The number of hydrogen-bond donors (Lipinski definition) is 2. The molecule has 1 aromatic carbocycles. The molecule has 16 heavy (non-hydrogen) atoms. The molecule has 3 N–H and O–H groups in total. The maximum Gasteiger partial charge on any atom is 0.123 e. The van der Waals surface area contributed by atoms with E-state index in [1.54, 1.807) is 12.1 Å². The average Bonchev–Trinajstić information content (AvgIpc) is 2.64. The predicted molar refractivity (Wildman–Crippen MR) is 64.8 cm³/mol. The van der Waals surface area contributed by atoms with Gasteiger partial charge >= 0.3 is 0 Å². The van der Waals surface area contributed by atoms with Gasteiger partial charge in [-0.1, -0.05) is 13.3 Å². The van der Waals surface area contributed by atoms with E-state index in [0.29, 0.717) is 12.5 Å². The van der Waals surface area contributed by atoms with Crippen LogP contribution in [0, 0.1) is 11.7 Å². The van der Waals surface area contributed by atoms with E-state index in [1.165, 1.54) is 25.0 Å². The maximum absolute atomic E-state index is 12.8. The SMILES string of the molecule is CC1CCCC1(CN)Nc1ccc(F)cc1. The van der Waals surface area contributed by atoms with Gasteiger partial charge < -0.3 is 11.1 Å². The molecule has 1 fully saturated rings. The Morgan fingerprint density at radius 3 is 2.62 bits per heavy atom. The molecule has 0 heterocycles. The van der Waals surface area contributed by atoms with Gasteiger partial charge in [0.25, 0.3) is 0 Å². The molecule has 3 heteroatoms. The second-order valence-electron chi connectivity index (χ2n) is 4.79. The summed E-state index contributed by atoms with van der Waals surface area (Å²) in [5.41, 5.74) is 6.86. The number of nitrogens with two attached hydrogens (primary N) is 1. The zero-order valence-corrected chi connectivity index (χ0v) is 9.67. The van der Waals surface area contributed by atoms with Crippen LogP contribution in [0.3, 0.4) is 0 Å². The molecule has 2 rings (SSSR count). The first kappa shape index (κ1) is 11.4. The van der Waals surface area contributed by atoms with Crippen LogP contribution in [0.2, 0.25) is 0 Å². The van der Waals surface area contributed by atoms with E-state index in [9.17, 15) is 4.39 Å². The summed E-state index contributed by atoms with van der Waals surface area (Å²) in [6.45, 7) is 2.86. The third kappa shape index (κ3) is 2.05. The zero-order chi connectivity index (χ0) is 11.6. The van der Waals surface area contributed by atoms with Gasteiger partial charge in [-0.3, -0.25) is 0 Å². The van der Waals surface area contributed by atoms with E-state index < -0.39 is 0 Å². The van der Waals surface area contributed by atoms with Crippen molar-refractivity contribution in [3.63, 3.8) is 0 Å². The lowest BCUT2D eigenvalue weighted by molar-refractivity contribution is 0.382. The molecular formula is C13H19FN2. The fourth-order valence-corrected chi connectivity index (χ4v) is 2.61. The lowest BCUT2D eigenvalue weighted by Crippen LogP contribution is -2.47. The molecule has 0 radical (unpaired) electrons. The van der Waals surface area contributed by atoms with Crippen molar-refractivity contribution in [2.75, 3.05) is 11.9 Å². The molecule has 0 aromatic heterocycles. The normalized spacial score (nSPS) is 29.3. The lowest BCUT2D eigenvalue weighted by Gasteiger charge is -2.34. The van der Waals surface area contributed by atoms with E-state index in [2.05, 4.69) is 12.2 Å². The third-order valence-corrected chi connectivity index (χ3v) is 3.81. The minimum atomic E-state index is -0.202. The average molecular weight is 222 g/mol. The quantitative estimate of drug-likeness (QED) is 0.825. The summed E-state index contributed by atoms with van der Waals surface area (Å²) in [6.07, 6.45) is 3.53. The van der Waals surface area contributed by atoms with E-state index >= 15 is 0 Å². The largest absolute Gasteiger partial charge is 0.378 e. The topological polar surface area (TPSA) is 38.0 Å². The first-order chi connectivity index (χ1) is 7.66. The van der Waals surface area contributed by atoms with E-state index in [-0.39, 0.29) is 11.4 Å². The molecule has 0 bridgehead atoms. The van der Waals surface area contributed by atoms with Crippen LogP contribution in [0.5, 0.6) is 0 Å². The molecule has 88 valence electrons. The molecule has 1 aliphatic rings. The van der Waals surface area contributed by atoms with Crippen LogP contribution in [0.4, 0.5) is 10.1 Å². The second kappa shape index (κ2) is 4.42. The Bertz CT molecular complexity index is 349. The van der Waals surface area contributed by atoms with Gasteiger partial charge in [0.1, 0.15) is 5.82 Å². The molecule has 0 saturated heterocycles. The Labute approximate surface area is 96.0 Å². The van der Waals surface area contributed by atoms with Gasteiger partial charge in [-0.2, -0.15) is 0 Å². The molecule has 1 saturated carbocycles. The van der Waals surface area contributed by atoms with Crippen LogP contribution in [0.25, 0.3) is 0 Å². The summed E-state index contributed by atoms with van der Waals surface area (Å²) in [5, 5.41) is 3.49. The molecular weight excluding hydrogens is 203 g/mol. The molecule has 2 atom stereocenters. The van der Waals surface area contributed by atoms with Crippen LogP contribution < -0.4 is 11.1 Å². The van der Waals surface area contributed by atoms with E-state index in [4.69, 9.17) is 5.73 Å². The highest BCUT2D eigenvalue weighted by atomic mass is 19.1. The Balaban J connectivity index is 2.15. The van der Waals surface area contributed by atoms with Crippen molar-refractivity contribution in [1.82, 2.24) is 0 Å². The van der Waals surface area contributed by atoms with Gasteiger partial charge in [0.15, 0.2) is 0 Å². The van der Waals surface area contributed by atoms with Crippen molar-refractivity contribution in [1.29, 1.82) is 0 Å². The van der Waals surface area contributed by atoms with Crippen molar-refractivity contribution in [2.24, 2.45) is 11.7 Å². The Hall–Kier alpha value is -1.09. The van der Waals surface area contributed by atoms with Crippen LogP contribution in [-0.2, 0) is 0 Å². The van der Waals surface area contributed by atoms with E-state index in [1.807, 2.05) is 0 Å². The van der Waals surface area contributed by atoms with Crippen molar-refractivity contribution in [2.45, 2.75) is 31.7 Å². The van der Waals surface area contributed by atoms with Gasteiger partial charge in [0.2, 0.25) is 0 Å². The first-order valence-electron chi connectivity index (χ1n) is 5.90. The van der Waals surface area contributed by atoms with Crippen LogP contribution in [0.15, 0.2) is 24.3 Å². The van der Waals surface area contributed by atoms with Crippen molar-refractivity contribution < 1.29 is 4.39 Å². The zero-order valence-electron chi connectivity index (χ0n) is 9.67. The number of benzene rings is 1. The smallest absolute Gasteiger partial charge is 0.123 e. The number of rotatable bonds is 3. The summed E-state index contributed by atoms with van der Waals surface area (Å²) in [5.74, 6) is 0.370. The van der Waals surface area contributed by atoms with Gasteiger partial charge in [0.05, 0.1) is 5.54 Å². The van der Waals surface area contributed by atoms with Gasteiger partial charge in [-0.05, 0) is 43.0 Å². The molecule has 0 amide bonds. The fraction of sp³-hybridized carbons (Fsp3) is 0.538. The standard InChI is InChI=1S/C13H19FN2/c1-10-3-2-8-13(10,9-15)16-12-6-4-11(14)5-7-12/h4-7,10,16H,2-3,8-9,15H2,1H3. The second-order valence-corrected chi connectivity index (χ2v) is 4.79. The van der Waals surface area contributed by atoms with Gasteiger partial charge in [-0.15, -0.1) is 0 Å². The highest BCUT2D eigenvalue weighted by Crippen LogP contribution is 2.37. The Morgan fingerprint density at radius 1 is 1.44 bits per heavy atom. The fourth-order valence-electron chi connectivity index (χ4n) is 2.61. The number of nitrogens with one attached hydrogen (secondary N) is 1. The van der Waals surface area contributed by atoms with Gasteiger partial charge in [0, 0.05) is 12.2 Å². The Kier molecular flexibility index (Phi) is 3.15. The summed E-state index contributed by atoms with van der Waals surface area (Å²) >= 11 is 0. The molecule has 0 aliphatic heterocycles. The Morgan fingerprint density at radius 2 is 2.12 bits per heavy atom. The lowest BCUT2D eigenvalue weighted by atomic mass is 9.88. The van der Waals surface area contributed by atoms with Gasteiger partial charge in [-0.25, -0.2) is 4.39 Å². The first-order valence-corrected chi connectivity index (χ1v) is 5.90. The summed E-state index contributed by atoms with van der Waals surface area (Å²) in [4.78, 5) is 0. The highest BCUT2D eigenvalue weighted by Gasteiger charge is 2.38. The highest BCUT2D eigenvalue weighted by molar-refractivity contribution is 5.46. The summed E-state index contributed by atoms with van der Waals surface area (Å²) in [6, 6.07) is 6.51. The van der Waals surface area contributed by atoms with Crippen LogP contribution in [-0.4, -0.2) is 12.1 Å². The van der Waals surface area contributed by atoms with Crippen molar-refractivity contribution in [3.8, 4) is 0 Å². The predicted octanol–water partition coefficient (Wildman–Crippen LogP) is 2.76. The van der Waals surface area contributed by atoms with Crippen LogP contribution in [0.1, 0.15) is 26.2 Å². The van der Waals surface area contributed by atoms with E-state index in [0.717, 1.165) is 12.1 Å². The monoisotopic (exact) mass is 222 g/mol. The summed E-state index contributed by atoms with van der Waals surface area (Å²) < 4.78 is 12.8. The minimum Gasteiger partial charge on any atom is -0.378 e. The maximum atomic E-state index is 12.8. The number of anilines is 1. The molecule has 0 spiro atoms. The molecule has 1 aliphatic carbocycles. The van der Waals surface area contributed by atoms with Crippen molar-refractivity contribution in [3.05, 3.63) is 30.1 Å².